The molecule has 3 N–H and O–H groups in total. The van der Waals surface area contributed by atoms with Gasteiger partial charge in [0.15, 0.2) is 6.10 Å². The van der Waals surface area contributed by atoms with E-state index in [1.165, 1.54) is 64.2 Å². The Labute approximate surface area is 328 Å². The highest BCUT2D eigenvalue weighted by Gasteiger charge is 2.36. The van der Waals surface area contributed by atoms with Crippen molar-refractivity contribution in [1.82, 2.24) is 0 Å². The van der Waals surface area contributed by atoms with Crippen molar-refractivity contribution in [3.63, 3.8) is 0 Å². The second kappa shape index (κ2) is 35.4. The first-order valence-electron chi connectivity index (χ1n) is 21.2. The SMILES string of the molecule is CCCCC/C=C\C/C=C\CC1OC1C/C=C\CCCC(=O)OC(COC(=O)CCCCCCC/C=C\CCCCCCCC)COP(=O)(O)OCCN. The van der Waals surface area contributed by atoms with Crippen molar-refractivity contribution in [3.8, 4) is 0 Å². The Hall–Kier alpha value is -2.07. The minimum absolute atomic E-state index is 0.0394. The summed E-state index contributed by atoms with van der Waals surface area (Å²) >= 11 is 0. The topological polar surface area (TPSA) is 147 Å². The van der Waals surface area contributed by atoms with Crippen LogP contribution in [0.15, 0.2) is 48.6 Å². The molecule has 1 rings (SSSR count). The number of hydrogen-bond acceptors (Lipinski definition) is 9. The van der Waals surface area contributed by atoms with E-state index >= 15 is 0 Å². The maximum absolute atomic E-state index is 12.6. The number of unbranched alkanes of at least 4 members (excludes halogenated alkanes) is 15. The number of carbonyl (C=O) groups is 2. The van der Waals surface area contributed by atoms with Crippen molar-refractivity contribution in [1.29, 1.82) is 0 Å². The zero-order valence-corrected chi connectivity index (χ0v) is 34.8. The number of ether oxygens (including phenoxy) is 3. The molecule has 1 fully saturated rings. The van der Waals surface area contributed by atoms with Gasteiger partial charge in [0.05, 0.1) is 25.4 Å². The maximum atomic E-state index is 12.6. The summed E-state index contributed by atoms with van der Waals surface area (Å²) in [5, 5.41) is 0. The zero-order chi connectivity index (χ0) is 39.4. The Morgan fingerprint density at radius 2 is 1.15 bits per heavy atom. The molecule has 4 atom stereocenters. The number of rotatable bonds is 38. The summed E-state index contributed by atoms with van der Waals surface area (Å²) in [7, 11) is -4.40. The van der Waals surface area contributed by atoms with E-state index in [-0.39, 0.29) is 44.8 Å². The predicted octanol–water partition coefficient (Wildman–Crippen LogP) is 10.9. The molecular formula is C43H76NO9P. The fourth-order valence-corrected chi connectivity index (χ4v) is 6.54. The van der Waals surface area contributed by atoms with Gasteiger partial charge in [-0.05, 0) is 77.0 Å². The third-order valence-corrected chi connectivity index (χ3v) is 10.1. The van der Waals surface area contributed by atoms with E-state index in [0.717, 1.165) is 57.8 Å². The van der Waals surface area contributed by atoms with Gasteiger partial charge in [0, 0.05) is 19.4 Å². The number of allylic oxidation sites excluding steroid dienone is 6. The summed E-state index contributed by atoms with van der Waals surface area (Å²) < 4.78 is 38.5. The normalized spacial score (nSPS) is 17.6. The molecule has 0 saturated carbocycles. The Morgan fingerprint density at radius 1 is 0.648 bits per heavy atom. The summed E-state index contributed by atoms with van der Waals surface area (Å²) in [6, 6.07) is 0. The van der Waals surface area contributed by atoms with Crippen molar-refractivity contribution >= 4 is 19.8 Å². The largest absolute Gasteiger partial charge is 0.472 e. The van der Waals surface area contributed by atoms with Gasteiger partial charge in [-0.25, -0.2) is 4.57 Å². The first kappa shape index (κ1) is 49.9. The van der Waals surface area contributed by atoms with Crippen LogP contribution >= 0.6 is 7.82 Å². The van der Waals surface area contributed by atoms with Crippen molar-refractivity contribution in [3.05, 3.63) is 48.6 Å². The number of epoxide rings is 1. The minimum atomic E-state index is -4.40. The van der Waals surface area contributed by atoms with E-state index in [9.17, 15) is 19.0 Å². The molecule has 0 aliphatic carbocycles. The Kier molecular flexibility index (Phi) is 32.7. The highest BCUT2D eigenvalue weighted by molar-refractivity contribution is 7.47. The van der Waals surface area contributed by atoms with Crippen LogP contribution in [-0.2, 0) is 37.4 Å². The Balaban J connectivity index is 2.25. The smallest absolute Gasteiger partial charge is 0.462 e. The average Bonchev–Trinajstić information content (AvgIpc) is 3.91. The molecule has 0 amide bonds. The van der Waals surface area contributed by atoms with E-state index in [1.54, 1.807) is 0 Å². The molecule has 0 aromatic heterocycles. The third kappa shape index (κ3) is 32.2. The van der Waals surface area contributed by atoms with Crippen LogP contribution in [0.1, 0.15) is 168 Å². The highest BCUT2D eigenvalue weighted by atomic mass is 31.2. The van der Waals surface area contributed by atoms with Crippen molar-refractivity contribution in [2.24, 2.45) is 5.73 Å². The highest BCUT2D eigenvalue weighted by Crippen LogP contribution is 2.43. The van der Waals surface area contributed by atoms with Crippen LogP contribution in [0.3, 0.4) is 0 Å². The Morgan fingerprint density at radius 3 is 1.81 bits per heavy atom. The van der Waals surface area contributed by atoms with Gasteiger partial charge < -0.3 is 24.8 Å². The van der Waals surface area contributed by atoms with Crippen LogP contribution in [0.25, 0.3) is 0 Å². The lowest BCUT2D eigenvalue weighted by molar-refractivity contribution is -0.161. The maximum Gasteiger partial charge on any atom is 0.472 e. The summed E-state index contributed by atoms with van der Waals surface area (Å²) in [6.07, 6.45) is 41.7. The molecule has 0 aromatic rings. The molecule has 1 saturated heterocycles. The zero-order valence-electron chi connectivity index (χ0n) is 33.9. The standard InChI is InChI=1S/C43H76NO9P/c1-3-5-7-9-11-13-14-15-16-17-18-20-22-24-29-33-42(45)49-37-39(38-51-54(47,48)50-36-35-44)52-43(46)34-30-26-25-28-32-41-40(53-41)31-27-23-21-19-12-10-8-6-4-2/h12,15-16,19,23,25,27-28,39-41H,3-11,13-14,17-18,20-22,24,26,29-38,44H2,1-2H3,(H,47,48)/b16-15-,19-12-,27-23-,28-25-. The predicted molar refractivity (Wildman–Crippen MR) is 219 cm³/mol. The van der Waals surface area contributed by atoms with E-state index in [2.05, 4.69) is 56.4 Å². The van der Waals surface area contributed by atoms with Crippen LogP contribution < -0.4 is 5.73 Å². The van der Waals surface area contributed by atoms with Gasteiger partial charge in [0.25, 0.3) is 0 Å². The van der Waals surface area contributed by atoms with Gasteiger partial charge in [0.2, 0.25) is 0 Å². The number of phosphoric ester groups is 1. The molecule has 312 valence electrons. The van der Waals surface area contributed by atoms with E-state index in [1.807, 2.05) is 6.08 Å². The van der Waals surface area contributed by atoms with Gasteiger partial charge in [-0.15, -0.1) is 0 Å². The number of carbonyl (C=O) groups excluding carboxylic acids is 2. The lowest BCUT2D eigenvalue weighted by atomic mass is 10.1. The molecule has 0 spiro atoms. The molecular weight excluding hydrogens is 705 g/mol. The molecule has 0 aromatic carbocycles. The number of nitrogens with two attached hydrogens (primary N) is 1. The molecule has 54 heavy (non-hydrogen) atoms. The summed E-state index contributed by atoms with van der Waals surface area (Å²) in [5.41, 5.74) is 5.34. The summed E-state index contributed by atoms with van der Waals surface area (Å²) in [6.45, 7) is 3.60. The molecule has 1 aliphatic rings. The first-order chi connectivity index (χ1) is 26.3. The van der Waals surface area contributed by atoms with Crippen molar-refractivity contribution in [2.75, 3.05) is 26.4 Å². The van der Waals surface area contributed by atoms with Crippen LogP contribution in [0, 0.1) is 0 Å². The number of phosphoric acid groups is 1. The minimum Gasteiger partial charge on any atom is -0.462 e. The average molecular weight is 782 g/mol. The molecule has 11 heteroatoms. The van der Waals surface area contributed by atoms with Crippen molar-refractivity contribution < 1.29 is 42.3 Å². The van der Waals surface area contributed by atoms with Gasteiger partial charge in [0.1, 0.15) is 6.61 Å². The van der Waals surface area contributed by atoms with Crippen LogP contribution in [0.4, 0.5) is 0 Å². The van der Waals surface area contributed by atoms with Crippen molar-refractivity contribution in [2.45, 2.75) is 186 Å². The molecule has 0 bridgehead atoms. The fourth-order valence-electron chi connectivity index (χ4n) is 5.78. The Bertz CT molecular complexity index is 1090. The molecule has 1 heterocycles. The van der Waals surface area contributed by atoms with Gasteiger partial charge in [-0.1, -0.05) is 127 Å². The second-order valence-electron chi connectivity index (χ2n) is 14.2. The molecule has 1 aliphatic heterocycles. The quantitative estimate of drug-likeness (QED) is 0.0204. The van der Waals surface area contributed by atoms with E-state index in [0.29, 0.717) is 19.3 Å². The van der Waals surface area contributed by atoms with E-state index in [4.69, 9.17) is 29.0 Å². The monoisotopic (exact) mass is 782 g/mol. The summed E-state index contributed by atoms with van der Waals surface area (Å²) in [5.74, 6) is -0.914. The van der Waals surface area contributed by atoms with E-state index < -0.39 is 32.5 Å². The third-order valence-electron chi connectivity index (χ3n) is 9.09. The van der Waals surface area contributed by atoms with Gasteiger partial charge in [-0.2, -0.15) is 0 Å². The second-order valence-corrected chi connectivity index (χ2v) is 15.7. The summed E-state index contributed by atoms with van der Waals surface area (Å²) in [4.78, 5) is 34.9. The number of hydrogen-bond donors (Lipinski definition) is 2. The fraction of sp³-hybridized carbons (Fsp3) is 0.767. The molecule has 10 nitrogen and oxygen atoms in total. The first-order valence-corrected chi connectivity index (χ1v) is 22.7. The van der Waals surface area contributed by atoms with Crippen LogP contribution in [0.2, 0.25) is 0 Å². The lowest BCUT2D eigenvalue weighted by Crippen LogP contribution is -2.29. The lowest BCUT2D eigenvalue weighted by Gasteiger charge is -2.19. The van der Waals surface area contributed by atoms with Gasteiger partial charge >= 0.3 is 19.8 Å². The van der Waals surface area contributed by atoms with Gasteiger partial charge in [-0.3, -0.25) is 18.6 Å². The number of esters is 2. The van der Waals surface area contributed by atoms with Crippen LogP contribution in [0.5, 0.6) is 0 Å². The molecule has 4 unspecified atom stereocenters. The molecule has 0 radical (unpaired) electrons. The van der Waals surface area contributed by atoms with Crippen LogP contribution in [-0.4, -0.2) is 61.5 Å².